The van der Waals surface area contributed by atoms with Gasteiger partial charge >= 0.3 is 5.95 Å². The molecule has 1 aliphatic rings. The van der Waals surface area contributed by atoms with Crippen LogP contribution in [0, 0.1) is 5.92 Å². The van der Waals surface area contributed by atoms with Crippen LogP contribution in [0.5, 0.6) is 5.88 Å². The van der Waals surface area contributed by atoms with Gasteiger partial charge in [0.05, 0.1) is 24.9 Å². The quantitative estimate of drug-likeness (QED) is 0.543. The average Bonchev–Trinajstić information content (AvgIpc) is 3.14. The first-order valence-corrected chi connectivity index (χ1v) is 11.6. The van der Waals surface area contributed by atoms with E-state index >= 15 is 0 Å². The lowest BCUT2D eigenvalue weighted by atomic mass is 9.90. The Morgan fingerprint density at radius 2 is 2.03 bits per heavy atom. The van der Waals surface area contributed by atoms with Crippen molar-refractivity contribution in [2.45, 2.75) is 32.1 Å². The summed E-state index contributed by atoms with van der Waals surface area (Å²) in [4.78, 5) is 14.9. The summed E-state index contributed by atoms with van der Waals surface area (Å²) in [7, 11) is -3.35. The second kappa shape index (κ2) is 8.24. The molecule has 0 aliphatic heterocycles. The number of hydrogen-bond acceptors (Lipinski definition) is 6. The summed E-state index contributed by atoms with van der Waals surface area (Å²) in [6.45, 7) is 0.655. The van der Waals surface area contributed by atoms with Crippen LogP contribution in [0.3, 0.4) is 0 Å². The number of nitrogens with one attached hydrogen (secondary N) is 4. The minimum atomic E-state index is -3.35. The number of aromatic nitrogens is 4. The maximum absolute atomic E-state index is 11.5. The number of hydrogen-bond donors (Lipinski definition) is 3. The van der Waals surface area contributed by atoms with Gasteiger partial charge in [-0.3, -0.25) is 4.72 Å². The maximum atomic E-state index is 11.5. The van der Waals surface area contributed by atoms with Crippen molar-refractivity contribution in [3.8, 4) is 5.88 Å². The highest BCUT2D eigenvalue weighted by Gasteiger charge is 2.20. The number of rotatable bonds is 7. The lowest BCUT2D eigenvalue weighted by Crippen LogP contribution is -2.21. The Labute approximate surface area is 169 Å². The molecule has 154 valence electrons. The smallest absolute Gasteiger partial charge is 0.399 e. The molecule has 0 amide bonds. The van der Waals surface area contributed by atoms with E-state index in [2.05, 4.69) is 30.0 Å². The highest BCUT2D eigenvalue weighted by atomic mass is 32.2. The molecular formula is C19H25N6O3S+. The van der Waals surface area contributed by atoms with Crippen molar-refractivity contribution in [1.82, 2.24) is 15.0 Å². The van der Waals surface area contributed by atoms with Gasteiger partial charge in [-0.25, -0.2) is 23.7 Å². The molecule has 1 aromatic carbocycles. The van der Waals surface area contributed by atoms with Gasteiger partial charge in [-0.15, -0.1) is 0 Å². The SMILES string of the molecule is CS(=O)(=O)Nc1cccc(Nc2nc3nc[nH]c3c(OCC3CCCCC3)[nH+]2)c1. The lowest BCUT2D eigenvalue weighted by molar-refractivity contribution is -0.380. The molecule has 2 aromatic heterocycles. The zero-order valence-corrected chi connectivity index (χ0v) is 17.1. The Hall–Kier alpha value is -2.88. The largest absolute Gasteiger partial charge is 0.466 e. The molecule has 4 N–H and O–H groups in total. The first kappa shape index (κ1) is 19.4. The summed E-state index contributed by atoms with van der Waals surface area (Å²) in [5.74, 6) is 1.61. The molecule has 0 spiro atoms. The summed E-state index contributed by atoms with van der Waals surface area (Å²) in [5.41, 5.74) is 2.40. The second-order valence-electron chi connectivity index (χ2n) is 7.41. The van der Waals surface area contributed by atoms with E-state index in [9.17, 15) is 8.42 Å². The van der Waals surface area contributed by atoms with Crippen LogP contribution in [0.1, 0.15) is 32.1 Å². The van der Waals surface area contributed by atoms with Crippen molar-refractivity contribution in [2.75, 3.05) is 22.9 Å². The highest BCUT2D eigenvalue weighted by molar-refractivity contribution is 7.92. The van der Waals surface area contributed by atoms with Gasteiger partial charge in [0, 0.05) is 6.07 Å². The highest BCUT2D eigenvalue weighted by Crippen LogP contribution is 2.26. The first-order valence-electron chi connectivity index (χ1n) is 9.70. The van der Waals surface area contributed by atoms with E-state index in [1.54, 1.807) is 24.5 Å². The van der Waals surface area contributed by atoms with Crippen LogP contribution in [0.15, 0.2) is 30.6 Å². The molecule has 0 bridgehead atoms. The standard InChI is InChI=1S/C19H24N6O3S/c1-29(26,27)25-15-9-5-8-14(10-15)22-19-23-17-16(20-12-21-17)18(24-19)28-11-13-6-3-2-4-7-13/h5,8-10,12-13,25H,2-4,6-7,11H2,1H3,(H2,20,21,22,23,24)/p+1. The molecule has 1 aliphatic carbocycles. The molecule has 29 heavy (non-hydrogen) atoms. The Balaban J connectivity index is 1.54. The van der Waals surface area contributed by atoms with Crippen LogP contribution in [0.2, 0.25) is 0 Å². The fourth-order valence-electron chi connectivity index (χ4n) is 3.58. The molecule has 9 nitrogen and oxygen atoms in total. The van der Waals surface area contributed by atoms with E-state index in [1.165, 1.54) is 32.1 Å². The number of imidazole rings is 1. The lowest BCUT2D eigenvalue weighted by Gasteiger charge is -2.21. The van der Waals surface area contributed by atoms with Gasteiger partial charge in [-0.05, 0) is 35.9 Å². The monoisotopic (exact) mass is 417 g/mol. The molecule has 2 heterocycles. The summed E-state index contributed by atoms with van der Waals surface area (Å²) in [6, 6.07) is 6.94. The van der Waals surface area contributed by atoms with Crippen molar-refractivity contribution in [3.63, 3.8) is 0 Å². The maximum Gasteiger partial charge on any atom is 0.399 e. The first-order chi connectivity index (χ1) is 14.0. The zero-order chi connectivity index (χ0) is 20.3. The number of nitrogens with zero attached hydrogens (tertiary/aromatic N) is 2. The Bertz CT molecular complexity index is 1090. The third-order valence-corrected chi connectivity index (χ3v) is 5.52. The van der Waals surface area contributed by atoms with Crippen LogP contribution in [-0.4, -0.2) is 36.2 Å². The van der Waals surface area contributed by atoms with Gasteiger partial charge in [0.1, 0.15) is 5.69 Å². The average molecular weight is 418 g/mol. The van der Waals surface area contributed by atoms with Crippen LogP contribution < -0.4 is 19.8 Å². The molecule has 0 unspecified atom stereocenters. The molecule has 0 radical (unpaired) electrons. The minimum absolute atomic E-state index is 0.458. The van der Waals surface area contributed by atoms with Gasteiger partial charge in [-0.1, -0.05) is 25.3 Å². The summed E-state index contributed by atoms with van der Waals surface area (Å²) in [6.07, 6.45) is 8.93. The fraction of sp³-hybridized carbons (Fsp3) is 0.421. The summed E-state index contributed by atoms with van der Waals surface area (Å²) < 4.78 is 31.5. The van der Waals surface area contributed by atoms with Gasteiger partial charge in [0.25, 0.3) is 11.5 Å². The van der Waals surface area contributed by atoms with Gasteiger partial charge in [0.15, 0.2) is 5.52 Å². The zero-order valence-electron chi connectivity index (χ0n) is 16.2. The van der Waals surface area contributed by atoms with Crippen molar-refractivity contribution in [3.05, 3.63) is 30.6 Å². The van der Waals surface area contributed by atoms with Gasteiger partial charge in [0.2, 0.25) is 10.0 Å². The Morgan fingerprint density at radius 3 is 2.83 bits per heavy atom. The third-order valence-electron chi connectivity index (χ3n) is 4.91. The molecule has 1 fully saturated rings. The number of benzene rings is 1. The molecule has 1 saturated carbocycles. The van der Waals surface area contributed by atoms with Crippen LogP contribution in [0.25, 0.3) is 11.2 Å². The predicted molar refractivity (Wildman–Crippen MR) is 111 cm³/mol. The van der Waals surface area contributed by atoms with Gasteiger partial charge < -0.3 is 9.72 Å². The van der Waals surface area contributed by atoms with E-state index in [1.807, 2.05) is 6.07 Å². The van der Waals surface area contributed by atoms with Crippen LogP contribution in [0.4, 0.5) is 17.3 Å². The molecule has 0 saturated heterocycles. The number of ether oxygens (including phenoxy) is 1. The van der Waals surface area contributed by atoms with Crippen molar-refractivity contribution >= 4 is 38.5 Å². The fourth-order valence-corrected chi connectivity index (χ4v) is 4.13. The Morgan fingerprint density at radius 1 is 1.24 bits per heavy atom. The number of fused-ring (bicyclic) bond motifs is 1. The normalized spacial score (nSPS) is 15.3. The van der Waals surface area contributed by atoms with Gasteiger partial charge in [-0.2, -0.15) is 0 Å². The van der Waals surface area contributed by atoms with Crippen LogP contribution >= 0.6 is 0 Å². The molecule has 4 rings (SSSR count). The number of H-pyrrole nitrogens is 2. The molecule has 10 heteroatoms. The Kier molecular flexibility index (Phi) is 5.52. The van der Waals surface area contributed by atoms with Crippen molar-refractivity contribution in [2.24, 2.45) is 5.92 Å². The van der Waals surface area contributed by atoms with Crippen molar-refractivity contribution in [1.29, 1.82) is 0 Å². The number of sulfonamides is 1. The number of aromatic amines is 2. The van der Waals surface area contributed by atoms with Crippen LogP contribution in [-0.2, 0) is 10.0 Å². The van der Waals surface area contributed by atoms with E-state index in [0.717, 1.165) is 11.8 Å². The van der Waals surface area contributed by atoms with E-state index in [4.69, 9.17) is 4.74 Å². The second-order valence-corrected chi connectivity index (χ2v) is 9.16. The predicted octanol–water partition coefficient (Wildman–Crippen LogP) is 2.85. The van der Waals surface area contributed by atoms with E-state index in [-0.39, 0.29) is 0 Å². The number of anilines is 3. The topological polar surface area (TPSA) is 123 Å². The van der Waals surface area contributed by atoms with E-state index < -0.39 is 10.0 Å². The minimum Gasteiger partial charge on any atom is -0.466 e. The summed E-state index contributed by atoms with van der Waals surface area (Å²) >= 11 is 0. The van der Waals surface area contributed by atoms with E-state index in [0.29, 0.717) is 41.4 Å². The molecule has 0 atom stereocenters. The van der Waals surface area contributed by atoms with Crippen molar-refractivity contribution < 1.29 is 18.1 Å². The third kappa shape index (κ3) is 5.14. The summed E-state index contributed by atoms with van der Waals surface area (Å²) in [5, 5.41) is 3.15. The molecule has 3 aromatic rings. The molecular weight excluding hydrogens is 392 g/mol.